The van der Waals surface area contributed by atoms with Crippen LogP contribution in [0.4, 0.5) is 5.69 Å². The molecular weight excluding hydrogens is 284 g/mol. The van der Waals surface area contributed by atoms with Crippen LogP contribution in [-0.4, -0.2) is 34.2 Å². The Bertz CT molecular complexity index is 485. The first-order chi connectivity index (χ1) is 9.99. The van der Waals surface area contributed by atoms with E-state index in [0.717, 1.165) is 22.8 Å². The Hall–Kier alpha value is -1.20. The number of carbonyl (C=O) groups excluding carboxylic acids is 1. The van der Waals surface area contributed by atoms with Crippen molar-refractivity contribution in [3.8, 4) is 0 Å². The minimum atomic E-state index is -1.18. The molecule has 1 aromatic rings. The minimum Gasteiger partial charge on any atom is -0.383 e. The molecule has 0 spiro atoms. The summed E-state index contributed by atoms with van der Waals surface area (Å²) < 4.78 is 0. The quantitative estimate of drug-likeness (QED) is 0.781. The number of anilines is 1. The van der Waals surface area contributed by atoms with Gasteiger partial charge in [0, 0.05) is 18.3 Å². The number of hydrogen-bond acceptors (Lipinski definition) is 4. The lowest BCUT2D eigenvalue weighted by molar-refractivity contribution is -0.140. The largest absolute Gasteiger partial charge is 0.383 e. The summed E-state index contributed by atoms with van der Waals surface area (Å²) in [6.07, 6.45) is 1.08. The lowest BCUT2D eigenvalue weighted by Crippen LogP contribution is -2.48. The zero-order valence-corrected chi connectivity index (χ0v) is 13.5. The number of thioether (sulfide) groups is 1. The molecule has 1 amide bonds. The molecule has 4 nitrogen and oxygen atoms in total. The summed E-state index contributed by atoms with van der Waals surface area (Å²) in [5, 5.41) is 16.6. The van der Waals surface area contributed by atoms with Gasteiger partial charge in [-0.1, -0.05) is 12.1 Å². The lowest BCUT2D eigenvalue weighted by Gasteiger charge is -2.30. The molecule has 2 rings (SSSR count). The molecule has 1 aliphatic heterocycles. The average Bonchev–Trinajstić information content (AvgIpc) is 2.45. The molecule has 21 heavy (non-hydrogen) atoms. The highest BCUT2D eigenvalue weighted by Gasteiger charge is 2.37. The zero-order chi connectivity index (χ0) is 15.3. The normalized spacial score (nSPS) is 17.5. The van der Waals surface area contributed by atoms with Gasteiger partial charge < -0.3 is 15.7 Å². The van der Waals surface area contributed by atoms with Gasteiger partial charge in [-0.2, -0.15) is 11.8 Å². The van der Waals surface area contributed by atoms with Crippen molar-refractivity contribution in [2.45, 2.75) is 44.9 Å². The van der Waals surface area contributed by atoms with Crippen molar-refractivity contribution in [2.24, 2.45) is 0 Å². The molecule has 0 saturated carbocycles. The molecule has 116 valence electrons. The van der Waals surface area contributed by atoms with Gasteiger partial charge in [0.1, 0.15) is 5.60 Å². The molecule has 1 saturated heterocycles. The molecule has 5 heteroatoms. The second-order valence-corrected chi connectivity index (χ2v) is 7.05. The molecule has 0 aromatic heterocycles. The van der Waals surface area contributed by atoms with Gasteiger partial charge in [-0.25, -0.2) is 0 Å². The van der Waals surface area contributed by atoms with Crippen molar-refractivity contribution >= 4 is 23.4 Å². The Kier molecular flexibility index (Phi) is 5.53. The number of aliphatic hydroxyl groups is 1. The summed E-state index contributed by atoms with van der Waals surface area (Å²) in [5.74, 6) is 1.44. The standard InChI is InChI=1S/C16H24N2O2S/c1-12(2)18-14-5-3-4-13(10-14)11-17-15(19)16(20)6-8-21-9-7-16/h3-5,10,12,18,20H,6-9,11H2,1-2H3,(H,17,19). The van der Waals surface area contributed by atoms with Gasteiger partial charge in [0.05, 0.1) is 0 Å². The van der Waals surface area contributed by atoms with Gasteiger partial charge >= 0.3 is 0 Å². The summed E-state index contributed by atoms with van der Waals surface area (Å²) in [5.41, 5.74) is 0.895. The Labute approximate surface area is 130 Å². The molecule has 0 atom stereocenters. The van der Waals surface area contributed by atoms with Crippen LogP contribution in [0.3, 0.4) is 0 Å². The zero-order valence-electron chi connectivity index (χ0n) is 12.7. The summed E-state index contributed by atoms with van der Waals surface area (Å²) in [7, 11) is 0. The lowest BCUT2D eigenvalue weighted by atomic mass is 9.95. The van der Waals surface area contributed by atoms with Gasteiger partial charge in [0.2, 0.25) is 0 Å². The van der Waals surface area contributed by atoms with Crippen LogP contribution in [0.5, 0.6) is 0 Å². The van der Waals surface area contributed by atoms with E-state index in [1.54, 1.807) is 11.8 Å². The van der Waals surface area contributed by atoms with E-state index in [9.17, 15) is 9.90 Å². The number of carbonyl (C=O) groups is 1. The van der Waals surface area contributed by atoms with Gasteiger partial charge in [0.25, 0.3) is 5.91 Å². The second-order valence-electron chi connectivity index (χ2n) is 5.83. The Balaban J connectivity index is 1.91. The first-order valence-corrected chi connectivity index (χ1v) is 8.59. The number of hydrogen-bond donors (Lipinski definition) is 3. The van der Waals surface area contributed by atoms with E-state index in [2.05, 4.69) is 24.5 Å². The maximum absolute atomic E-state index is 12.2. The number of nitrogens with one attached hydrogen (secondary N) is 2. The van der Waals surface area contributed by atoms with Gasteiger partial charge in [-0.05, 0) is 55.9 Å². The maximum atomic E-state index is 12.2. The third kappa shape index (κ3) is 4.64. The van der Waals surface area contributed by atoms with Crippen LogP contribution in [0.25, 0.3) is 0 Å². The van der Waals surface area contributed by atoms with Crippen LogP contribution in [-0.2, 0) is 11.3 Å². The third-order valence-electron chi connectivity index (χ3n) is 3.58. The van der Waals surface area contributed by atoms with Crippen molar-refractivity contribution in [1.29, 1.82) is 0 Å². The maximum Gasteiger partial charge on any atom is 0.252 e. The van der Waals surface area contributed by atoms with Crippen LogP contribution in [0.1, 0.15) is 32.3 Å². The fraction of sp³-hybridized carbons (Fsp3) is 0.562. The molecule has 1 heterocycles. The van der Waals surface area contributed by atoms with Gasteiger partial charge in [-0.3, -0.25) is 4.79 Å². The Morgan fingerprint density at radius 3 is 2.76 bits per heavy atom. The minimum absolute atomic E-state index is 0.245. The van der Waals surface area contributed by atoms with Crippen molar-refractivity contribution in [3.63, 3.8) is 0 Å². The van der Waals surface area contributed by atoms with E-state index in [0.29, 0.717) is 25.4 Å². The van der Waals surface area contributed by atoms with Crippen LogP contribution in [0.15, 0.2) is 24.3 Å². The first-order valence-electron chi connectivity index (χ1n) is 7.43. The highest BCUT2D eigenvalue weighted by Crippen LogP contribution is 2.27. The molecule has 1 aliphatic rings. The number of amides is 1. The fourth-order valence-electron chi connectivity index (χ4n) is 2.39. The fourth-order valence-corrected chi connectivity index (χ4v) is 3.56. The summed E-state index contributed by atoms with van der Waals surface area (Å²) >= 11 is 1.79. The van der Waals surface area contributed by atoms with Crippen LogP contribution >= 0.6 is 11.8 Å². The van der Waals surface area contributed by atoms with E-state index < -0.39 is 5.60 Å². The predicted molar refractivity (Wildman–Crippen MR) is 88.6 cm³/mol. The Morgan fingerprint density at radius 2 is 2.10 bits per heavy atom. The van der Waals surface area contributed by atoms with Crippen molar-refractivity contribution < 1.29 is 9.90 Å². The highest BCUT2D eigenvalue weighted by atomic mass is 32.2. The highest BCUT2D eigenvalue weighted by molar-refractivity contribution is 7.99. The van der Waals surface area contributed by atoms with E-state index >= 15 is 0 Å². The SMILES string of the molecule is CC(C)Nc1cccc(CNC(=O)C2(O)CCSCC2)c1. The van der Waals surface area contributed by atoms with Gasteiger partial charge in [0.15, 0.2) is 0 Å². The summed E-state index contributed by atoms with van der Waals surface area (Å²) in [6, 6.07) is 8.36. The van der Waals surface area contributed by atoms with Crippen LogP contribution in [0, 0.1) is 0 Å². The van der Waals surface area contributed by atoms with Gasteiger partial charge in [-0.15, -0.1) is 0 Å². The predicted octanol–water partition coefficient (Wildman–Crippen LogP) is 2.38. The molecule has 1 fully saturated rings. The number of benzene rings is 1. The van der Waals surface area contributed by atoms with E-state index in [1.165, 1.54) is 0 Å². The van der Waals surface area contributed by atoms with E-state index in [1.807, 2.05) is 24.3 Å². The molecule has 1 aromatic carbocycles. The van der Waals surface area contributed by atoms with Crippen LogP contribution < -0.4 is 10.6 Å². The summed E-state index contributed by atoms with van der Waals surface area (Å²) in [6.45, 7) is 4.62. The average molecular weight is 308 g/mol. The molecule has 0 unspecified atom stereocenters. The molecular formula is C16H24N2O2S. The van der Waals surface area contributed by atoms with Crippen molar-refractivity contribution in [1.82, 2.24) is 5.32 Å². The topological polar surface area (TPSA) is 61.4 Å². The van der Waals surface area contributed by atoms with Crippen molar-refractivity contribution in [3.05, 3.63) is 29.8 Å². The van der Waals surface area contributed by atoms with E-state index in [-0.39, 0.29) is 5.91 Å². The first kappa shape index (κ1) is 16.2. The molecule has 0 radical (unpaired) electrons. The monoisotopic (exact) mass is 308 g/mol. The number of rotatable bonds is 5. The molecule has 0 bridgehead atoms. The Morgan fingerprint density at radius 1 is 1.38 bits per heavy atom. The third-order valence-corrected chi connectivity index (χ3v) is 4.56. The van der Waals surface area contributed by atoms with E-state index in [4.69, 9.17) is 0 Å². The molecule has 0 aliphatic carbocycles. The molecule has 3 N–H and O–H groups in total. The van der Waals surface area contributed by atoms with Crippen LogP contribution in [0.2, 0.25) is 0 Å². The second kappa shape index (κ2) is 7.18. The van der Waals surface area contributed by atoms with Crippen molar-refractivity contribution in [2.75, 3.05) is 16.8 Å². The smallest absolute Gasteiger partial charge is 0.252 e. The summed E-state index contributed by atoms with van der Waals surface area (Å²) in [4.78, 5) is 12.2.